The highest BCUT2D eigenvalue weighted by Crippen LogP contribution is 2.26. The van der Waals surface area contributed by atoms with Crippen molar-refractivity contribution >= 4 is 52.7 Å². The standard InChI is InChI=1S/C18H22Cl3N3O4/c1-11(2)15(23-17(27)28-10-18(19,20)21)24-9-13(16(24)26)22-14(25)8-12-6-4-3-5-7-12/h3-7,11,13,15H,8-10H2,1-2H3,(H,22,25)(H,23,27). The lowest BCUT2D eigenvalue weighted by molar-refractivity contribution is -0.151. The van der Waals surface area contributed by atoms with Crippen LogP contribution in [0.5, 0.6) is 0 Å². The van der Waals surface area contributed by atoms with Crippen molar-refractivity contribution in [2.75, 3.05) is 13.2 Å². The molecule has 0 saturated carbocycles. The molecule has 1 heterocycles. The quantitative estimate of drug-likeness (QED) is 0.494. The van der Waals surface area contributed by atoms with Gasteiger partial charge >= 0.3 is 6.09 Å². The number of carbonyl (C=O) groups excluding carboxylic acids is 3. The highest BCUT2D eigenvalue weighted by Gasteiger charge is 2.43. The molecule has 154 valence electrons. The average molecular weight is 451 g/mol. The molecule has 0 spiro atoms. The maximum Gasteiger partial charge on any atom is 0.408 e. The lowest BCUT2D eigenvalue weighted by Crippen LogP contribution is -2.70. The molecule has 2 atom stereocenters. The van der Waals surface area contributed by atoms with E-state index in [2.05, 4.69) is 10.6 Å². The minimum absolute atomic E-state index is 0.0924. The second-order valence-corrected chi connectivity index (χ2v) is 9.31. The molecular formula is C18H22Cl3N3O4. The van der Waals surface area contributed by atoms with Gasteiger partial charge in [-0.1, -0.05) is 79.0 Å². The summed E-state index contributed by atoms with van der Waals surface area (Å²) in [5, 5.41) is 5.30. The summed E-state index contributed by atoms with van der Waals surface area (Å²) in [5.41, 5.74) is 0.863. The molecule has 0 aliphatic carbocycles. The lowest BCUT2D eigenvalue weighted by Gasteiger charge is -2.45. The summed E-state index contributed by atoms with van der Waals surface area (Å²) < 4.78 is 3.13. The first-order chi connectivity index (χ1) is 13.1. The predicted molar refractivity (Wildman–Crippen MR) is 107 cm³/mol. The maximum absolute atomic E-state index is 12.4. The first-order valence-electron chi connectivity index (χ1n) is 8.70. The van der Waals surface area contributed by atoms with Crippen molar-refractivity contribution in [1.29, 1.82) is 0 Å². The molecule has 2 N–H and O–H groups in total. The summed E-state index contributed by atoms with van der Waals surface area (Å²) >= 11 is 16.6. The number of rotatable bonds is 7. The van der Waals surface area contributed by atoms with E-state index in [1.165, 1.54) is 4.90 Å². The SMILES string of the molecule is CC(C)C(NC(=O)OCC(Cl)(Cl)Cl)N1CC(NC(=O)Cc2ccccc2)C1=O. The van der Waals surface area contributed by atoms with E-state index in [-0.39, 0.29) is 30.7 Å². The summed E-state index contributed by atoms with van der Waals surface area (Å²) in [7, 11) is 0. The van der Waals surface area contributed by atoms with E-state index in [0.29, 0.717) is 0 Å². The summed E-state index contributed by atoms with van der Waals surface area (Å²) in [6.07, 6.45) is -1.20. The normalized spacial score (nSPS) is 17.7. The third-order valence-corrected chi connectivity index (χ3v) is 4.43. The van der Waals surface area contributed by atoms with Gasteiger partial charge in [-0.2, -0.15) is 0 Å². The molecule has 1 aliphatic rings. The molecule has 1 aromatic carbocycles. The van der Waals surface area contributed by atoms with E-state index in [1.807, 2.05) is 44.2 Å². The van der Waals surface area contributed by atoms with Crippen molar-refractivity contribution in [1.82, 2.24) is 15.5 Å². The Bertz CT molecular complexity index is 710. The van der Waals surface area contributed by atoms with E-state index in [0.717, 1.165) is 5.56 Å². The second-order valence-electron chi connectivity index (χ2n) is 6.80. The topological polar surface area (TPSA) is 87.7 Å². The zero-order valence-corrected chi connectivity index (χ0v) is 17.7. The number of likely N-dealkylation sites (tertiary alicyclic amines) is 1. The fraction of sp³-hybridized carbons (Fsp3) is 0.500. The highest BCUT2D eigenvalue weighted by molar-refractivity contribution is 6.67. The van der Waals surface area contributed by atoms with Gasteiger partial charge in [0.2, 0.25) is 15.6 Å². The van der Waals surface area contributed by atoms with Crippen LogP contribution in [0.4, 0.5) is 4.79 Å². The highest BCUT2D eigenvalue weighted by atomic mass is 35.6. The van der Waals surface area contributed by atoms with Crippen LogP contribution < -0.4 is 10.6 Å². The number of halogens is 3. The minimum atomic E-state index is -1.72. The van der Waals surface area contributed by atoms with Crippen LogP contribution in [0.3, 0.4) is 0 Å². The minimum Gasteiger partial charge on any atom is -0.445 e. The van der Waals surface area contributed by atoms with Crippen LogP contribution in [0.25, 0.3) is 0 Å². The van der Waals surface area contributed by atoms with E-state index in [1.54, 1.807) is 0 Å². The molecule has 2 rings (SSSR count). The van der Waals surface area contributed by atoms with E-state index in [4.69, 9.17) is 39.5 Å². The van der Waals surface area contributed by atoms with Crippen LogP contribution in [0.1, 0.15) is 19.4 Å². The van der Waals surface area contributed by atoms with Gasteiger partial charge in [0, 0.05) is 0 Å². The summed E-state index contributed by atoms with van der Waals surface area (Å²) in [6, 6.07) is 8.63. The summed E-state index contributed by atoms with van der Waals surface area (Å²) in [5.74, 6) is -0.604. The molecule has 7 nitrogen and oxygen atoms in total. The fourth-order valence-corrected chi connectivity index (χ4v) is 2.92. The van der Waals surface area contributed by atoms with Crippen molar-refractivity contribution in [3.05, 3.63) is 35.9 Å². The van der Waals surface area contributed by atoms with Crippen molar-refractivity contribution in [2.24, 2.45) is 5.92 Å². The number of carbonyl (C=O) groups is 3. The molecule has 1 saturated heterocycles. The van der Waals surface area contributed by atoms with E-state index < -0.39 is 28.7 Å². The van der Waals surface area contributed by atoms with Crippen LogP contribution in [-0.2, 0) is 20.7 Å². The number of nitrogens with one attached hydrogen (secondary N) is 2. The third-order valence-electron chi connectivity index (χ3n) is 4.10. The molecule has 0 bridgehead atoms. The van der Waals surface area contributed by atoms with Crippen LogP contribution >= 0.6 is 34.8 Å². The predicted octanol–water partition coefficient (Wildman–Crippen LogP) is 2.63. The molecule has 1 fully saturated rings. The summed E-state index contributed by atoms with van der Waals surface area (Å²) in [6.45, 7) is 3.55. The Morgan fingerprint density at radius 3 is 2.43 bits per heavy atom. The van der Waals surface area contributed by atoms with Crippen LogP contribution in [0.15, 0.2) is 30.3 Å². The Morgan fingerprint density at radius 2 is 1.89 bits per heavy atom. The Kier molecular flexibility index (Phi) is 7.80. The number of alkyl halides is 3. The van der Waals surface area contributed by atoms with Crippen molar-refractivity contribution in [3.8, 4) is 0 Å². The van der Waals surface area contributed by atoms with Gasteiger partial charge in [0.05, 0.1) is 13.0 Å². The van der Waals surface area contributed by atoms with Gasteiger partial charge in [-0.15, -0.1) is 0 Å². The molecule has 10 heteroatoms. The summed E-state index contributed by atoms with van der Waals surface area (Å²) in [4.78, 5) is 37.9. The molecule has 2 unspecified atom stereocenters. The Labute approximate surface area is 178 Å². The van der Waals surface area contributed by atoms with Crippen LogP contribution in [0, 0.1) is 5.92 Å². The fourth-order valence-electron chi connectivity index (χ4n) is 2.75. The van der Waals surface area contributed by atoms with E-state index >= 15 is 0 Å². The number of benzene rings is 1. The Morgan fingerprint density at radius 1 is 1.25 bits per heavy atom. The molecule has 0 radical (unpaired) electrons. The van der Waals surface area contributed by atoms with Crippen molar-refractivity contribution in [3.63, 3.8) is 0 Å². The monoisotopic (exact) mass is 449 g/mol. The zero-order chi connectivity index (χ0) is 20.9. The van der Waals surface area contributed by atoms with Gasteiger partial charge < -0.3 is 20.3 Å². The molecule has 28 heavy (non-hydrogen) atoms. The Hall–Kier alpha value is -1.70. The zero-order valence-electron chi connectivity index (χ0n) is 15.5. The number of amides is 3. The maximum atomic E-state index is 12.4. The van der Waals surface area contributed by atoms with Gasteiger partial charge in [0.15, 0.2) is 0 Å². The van der Waals surface area contributed by atoms with Crippen LogP contribution in [-0.4, -0.2) is 52.0 Å². The molecular weight excluding hydrogens is 429 g/mol. The number of β-lactam (4-membered cyclic amide) rings is 1. The largest absolute Gasteiger partial charge is 0.445 e. The van der Waals surface area contributed by atoms with Crippen LogP contribution in [0.2, 0.25) is 0 Å². The molecule has 0 aromatic heterocycles. The van der Waals surface area contributed by atoms with Gasteiger partial charge in [-0.05, 0) is 11.5 Å². The molecule has 1 aromatic rings. The number of nitrogens with zero attached hydrogens (tertiary/aromatic N) is 1. The van der Waals surface area contributed by atoms with Crippen molar-refractivity contribution < 1.29 is 19.1 Å². The first kappa shape index (κ1) is 22.6. The number of hydrogen-bond donors (Lipinski definition) is 2. The first-order valence-corrected chi connectivity index (χ1v) is 9.84. The number of alkyl carbamates (subject to hydrolysis) is 1. The van der Waals surface area contributed by atoms with Gasteiger partial charge in [0.1, 0.15) is 18.8 Å². The lowest BCUT2D eigenvalue weighted by atomic mass is 10.0. The molecule has 1 aliphatic heterocycles. The average Bonchev–Trinajstić information content (AvgIpc) is 2.61. The Balaban J connectivity index is 1.85. The van der Waals surface area contributed by atoms with Gasteiger partial charge in [-0.25, -0.2) is 4.79 Å². The second kappa shape index (κ2) is 9.67. The third kappa shape index (κ3) is 6.72. The van der Waals surface area contributed by atoms with Gasteiger partial charge in [-0.3, -0.25) is 9.59 Å². The smallest absolute Gasteiger partial charge is 0.408 e. The molecule has 3 amide bonds. The van der Waals surface area contributed by atoms with E-state index in [9.17, 15) is 14.4 Å². The number of ether oxygens (including phenoxy) is 1. The van der Waals surface area contributed by atoms with Crippen molar-refractivity contribution in [2.45, 2.75) is 36.3 Å². The van der Waals surface area contributed by atoms with Gasteiger partial charge in [0.25, 0.3) is 0 Å². The number of hydrogen-bond acceptors (Lipinski definition) is 4.